The van der Waals surface area contributed by atoms with Crippen molar-refractivity contribution in [1.29, 1.82) is 0 Å². The van der Waals surface area contributed by atoms with Gasteiger partial charge in [-0.2, -0.15) is 0 Å². The van der Waals surface area contributed by atoms with Crippen molar-refractivity contribution in [2.75, 3.05) is 13.6 Å². The van der Waals surface area contributed by atoms with Crippen LogP contribution in [0.15, 0.2) is 28.7 Å². The predicted octanol–water partition coefficient (Wildman–Crippen LogP) is 2.65. The molecule has 2 heterocycles. The van der Waals surface area contributed by atoms with Crippen LogP contribution >= 0.6 is 0 Å². The van der Waals surface area contributed by atoms with Crippen LogP contribution in [0.5, 0.6) is 0 Å². The number of carbonyl (C=O) groups excluding carboxylic acids is 1. The smallest absolute Gasteiger partial charge is 0.239 e. The first-order chi connectivity index (χ1) is 10.6. The summed E-state index contributed by atoms with van der Waals surface area (Å²) in [5, 5.41) is 3.99. The molecule has 0 unspecified atom stereocenters. The number of likely N-dealkylation sites (N-methyl/N-ethyl adjacent to an activating group) is 1. The molecule has 0 aliphatic carbocycles. The summed E-state index contributed by atoms with van der Waals surface area (Å²) < 4.78 is 19.1. The quantitative estimate of drug-likeness (QED) is 0.944. The molecule has 5 heteroatoms. The number of para-hydroxylation sites is 1. The molecular weight excluding hydrogens is 283 g/mol. The van der Waals surface area contributed by atoms with E-state index in [1.165, 1.54) is 0 Å². The van der Waals surface area contributed by atoms with Gasteiger partial charge in [-0.3, -0.25) is 4.79 Å². The molecule has 1 aliphatic heterocycles. The van der Waals surface area contributed by atoms with E-state index in [9.17, 15) is 9.18 Å². The van der Waals surface area contributed by atoms with Crippen LogP contribution in [-0.4, -0.2) is 36.6 Å². The second-order valence-corrected chi connectivity index (χ2v) is 5.84. The minimum atomic E-state index is -0.927. The first kappa shape index (κ1) is 15.0. The lowest BCUT2D eigenvalue weighted by atomic mass is 10.1. The molecule has 1 aromatic heterocycles. The predicted molar refractivity (Wildman–Crippen MR) is 83.4 cm³/mol. The van der Waals surface area contributed by atoms with Gasteiger partial charge < -0.3 is 14.6 Å². The number of furan rings is 1. The Labute approximate surface area is 129 Å². The van der Waals surface area contributed by atoms with E-state index in [0.717, 1.165) is 28.7 Å². The summed E-state index contributed by atoms with van der Waals surface area (Å²) in [6.45, 7) is 2.78. The molecule has 0 radical (unpaired) electrons. The van der Waals surface area contributed by atoms with Crippen LogP contribution in [0.4, 0.5) is 4.39 Å². The molecule has 2 atom stereocenters. The average molecular weight is 304 g/mol. The van der Waals surface area contributed by atoms with Gasteiger partial charge in [0.25, 0.3) is 0 Å². The molecule has 0 bridgehead atoms. The summed E-state index contributed by atoms with van der Waals surface area (Å²) in [6.07, 6.45) is 0.110. The molecule has 0 saturated carbocycles. The number of amides is 1. The summed E-state index contributed by atoms with van der Waals surface area (Å²) in [5.41, 5.74) is 1.89. The van der Waals surface area contributed by atoms with E-state index < -0.39 is 12.2 Å². The number of hydrogen-bond donors (Lipinski definition) is 1. The van der Waals surface area contributed by atoms with Gasteiger partial charge in [0.15, 0.2) is 0 Å². The minimum Gasteiger partial charge on any atom is -0.461 e. The van der Waals surface area contributed by atoms with E-state index in [1.54, 1.807) is 11.9 Å². The van der Waals surface area contributed by atoms with Crippen LogP contribution in [0.25, 0.3) is 11.0 Å². The van der Waals surface area contributed by atoms with Crippen molar-refractivity contribution in [3.8, 4) is 0 Å². The molecule has 1 aromatic carbocycles. The van der Waals surface area contributed by atoms with Crippen LogP contribution in [0, 0.1) is 0 Å². The molecule has 1 fully saturated rings. The average Bonchev–Trinajstić information content (AvgIpc) is 3.10. The SMILES string of the molecule is CCc1oc2ccccc2c1CN(C)C(=O)[C@H]1C[C@H](F)CN1. The number of aryl methyl sites for hydroxylation is 1. The molecule has 1 aliphatic rings. The van der Waals surface area contributed by atoms with Crippen molar-refractivity contribution in [1.82, 2.24) is 10.2 Å². The van der Waals surface area contributed by atoms with E-state index in [4.69, 9.17) is 4.42 Å². The first-order valence-corrected chi connectivity index (χ1v) is 7.71. The number of rotatable bonds is 4. The largest absolute Gasteiger partial charge is 0.461 e. The second kappa shape index (κ2) is 6.08. The minimum absolute atomic E-state index is 0.0625. The fraction of sp³-hybridized carbons (Fsp3) is 0.471. The number of benzene rings is 1. The van der Waals surface area contributed by atoms with Crippen LogP contribution in [0.1, 0.15) is 24.7 Å². The van der Waals surface area contributed by atoms with E-state index in [-0.39, 0.29) is 18.9 Å². The van der Waals surface area contributed by atoms with Gasteiger partial charge >= 0.3 is 0 Å². The highest BCUT2D eigenvalue weighted by molar-refractivity contribution is 5.85. The molecule has 0 spiro atoms. The van der Waals surface area contributed by atoms with Crippen molar-refractivity contribution in [2.45, 2.75) is 38.5 Å². The van der Waals surface area contributed by atoms with E-state index in [2.05, 4.69) is 5.32 Å². The van der Waals surface area contributed by atoms with Crippen molar-refractivity contribution in [3.63, 3.8) is 0 Å². The summed E-state index contributed by atoms with van der Waals surface area (Å²) in [4.78, 5) is 14.1. The summed E-state index contributed by atoms with van der Waals surface area (Å²) in [5.74, 6) is 0.844. The van der Waals surface area contributed by atoms with Crippen LogP contribution in [0.3, 0.4) is 0 Å². The number of fused-ring (bicyclic) bond motifs is 1. The lowest BCUT2D eigenvalue weighted by Gasteiger charge is -2.21. The summed E-state index contributed by atoms with van der Waals surface area (Å²) in [6, 6.07) is 7.44. The Bertz CT molecular complexity index is 682. The lowest BCUT2D eigenvalue weighted by molar-refractivity contribution is -0.132. The Morgan fingerprint density at radius 3 is 2.91 bits per heavy atom. The fourth-order valence-corrected chi connectivity index (χ4v) is 3.07. The molecule has 1 amide bonds. The second-order valence-electron chi connectivity index (χ2n) is 5.84. The van der Waals surface area contributed by atoms with Gasteiger partial charge in [-0.25, -0.2) is 4.39 Å². The Morgan fingerprint density at radius 2 is 2.23 bits per heavy atom. The highest BCUT2D eigenvalue weighted by Crippen LogP contribution is 2.27. The molecule has 1 saturated heterocycles. The number of nitrogens with zero attached hydrogens (tertiary/aromatic N) is 1. The Balaban J connectivity index is 1.81. The van der Waals surface area contributed by atoms with Gasteiger partial charge in [-0.1, -0.05) is 25.1 Å². The number of halogens is 1. The zero-order chi connectivity index (χ0) is 15.7. The van der Waals surface area contributed by atoms with Gasteiger partial charge in [0, 0.05) is 43.9 Å². The monoisotopic (exact) mass is 304 g/mol. The normalized spacial score (nSPS) is 21.4. The Morgan fingerprint density at radius 1 is 1.45 bits per heavy atom. The Kier molecular flexibility index (Phi) is 4.16. The van der Waals surface area contributed by atoms with Crippen LogP contribution in [-0.2, 0) is 17.8 Å². The zero-order valence-electron chi connectivity index (χ0n) is 12.9. The van der Waals surface area contributed by atoms with Gasteiger partial charge in [0.1, 0.15) is 17.5 Å². The maximum absolute atomic E-state index is 13.3. The van der Waals surface area contributed by atoms with Crippen molar-refractivity contribution >= 4 is 16.9 Å². The van der Waals surface area contributed by atoms with E-state index in [0.29, 0.717) is 6.54 Å². The zero-order valence-corrected chi connectivity index (χ0v) is 12.9. The highest BCUT2D eigenvalue weighted by atomic mass is 19.1. The first-order valence-electron chi connectivity index (χ1n) is 7.71. The third-order valence-electron chi connectivity index (χ3n) is 4.25. The lowest BCUT2D eigenvalue weighted by Crippen LogP contribution is -2.41. The Hall–Kier alpha value is -1.88. The van der Waals surface area contributed by atoms with E-state index in [1.807, 2.05) is 31.2 Å². The molecule has 118 valence electrons. The molecule has 22 heavy (non-hydrogen) atoms. The van der Waals surface area contributed by atoms with Crippen LogP contribution < -0.4 is 5.32 Å². The van der Waals surface area contributed by atoms with Gasteiger partial charge in [-0.15, -0.1) is 0 Å². The number of alkyl halides is 1. The molecule has 2 aromatic rings. The molecular formula is C17H21FN2O2. The maximum Gasteiger partial charge on any atom is 0.239 e. The molecule has 3 rings (SSSR count). The highest BCUT2D eigenvalue weighted by Gasteiger charge is 2.31. The molecule has 4 nitrogen and oxygen atoms in total. The standard InChI is InChI=1S/C17H21FN2O2/c1-3-15-13(12-6-4-5-7-16(12)22-15)10-20(2)17(21)14-8-11(18)9-19-14/h4-7,11,14,19H,3,8-10H2,1-2H3/t11-,14+/m0/s1. The number of hydrogen-bond acceptors (Lipinski definition) is 3. The maximum atomic E-state index is 13.3. The van der Waals surface area contributed by atoms with E-state index >= 15 is 0 Å². The van der Waals surface area contributed by atoms with Crippen molar-refractivity contribution in [2.24, 2.45) is 0 Å². The van der Waals surface area contributed by atoms with Crippen LogP contribution in [0.2, 0.25) is 0 Å². The summed E-state index contributed by atoms with van der Waals surface area (Å²) in [7, 11) is 1.76. The number of carbonyl (C=O) groups is 1. The van der Waals surface area contributed by atoms with Gasteiger partial charge in [-0.05, 0) is 6.07 Å². The number of nitrogens with one attached hydrogen (secondary N) is 1. The van der Waals surface area contributed by atoms with Gasteiger partial charge in [0.05, 0.1) is 6.04 Å². The van der Waals surface area contributed by atoms with Gasteiger partial charge in [0.2, 0.25) is 5.91 Å². The summed E-state index contributed by atoms with van der Waals surface area (Å²) >= 11 is 0. The third-order valence-corrected chi connectivity index (χ3v) is 4.25. The van der Waals surface area contributed by atoms with Crippen molar-refractivity contribution < 1.29 is 13.6 Å². The fourth-order valence-electron chi connectivity index (χ4n) is 3.07. The molecule has 1 N–H and O–H groups in total. The topological polar surface area (TPSA) is 45.5 Å². The third kappa shape index (κ3) is 2.73. The van der Waals surface area contributed by atoms with Crippen molar-refractivity contribution in [3.05, 3.63) is 35.6 Å².